The summed E-state index contributed by atoms with van der Waals surface area (Å²) in [6.45, 7) is 4.51. The first kappa shape index (κ1) is 21.2. The van der Waals surface area contributed by atoms with Crippen molar-refractivity contribution in [1.29, 1.82) is 0 Å². The van der Waals surface area contributed by atoms with E-state index in [0.717, 1.165) is 25.9 Å². The van der Waals surface area contributed by atoms with Gasteiger partial charge in [0.15, 0.2) is 0 Å². The van der Waals surface area contributed by atoms with Crippen LogP contribution in [0, 0.1) is 0 Å². The Bertz CT molecular complexity index is 1200. The third-order valence-corrected chi connectivity index (χ3v) is 6.54. The zero-order valence-corrected chi connectivity index (χ0v) is 18.6. The minimum absolute atomic E-state index is 0.225. The molecule has 3 aromatic rings. The van der Waals surface area contributed by atoms with Crippen LogP contribution in [0.4, 0.5) is 0 Å². The molecule has 1 aliphatic heterocycles. The number of halogens is 3. The van der Waals surface area contributed by atoms with Crippen LogP contribution < -0.4 is 11.4 Å². The number of likely N-dealkylation sites (N-methyl/N-ethyl adjacent to an activating group) is 1. The van der Waals surface area contributed by atoms with Crippen molar-refractivity contribution < 1.29 is 4.79 Å². The zero-order valence-electron chi connectivity index (χ0n) is 16.4. The van der Waals surface area contributed by atoms with Gasteiger partial charge in [-0.1, -0.05) is 41.7 Å². The fraction of sp³-hybridized carbons (Fsp3) is 0.333. The number of carbonyl (C=O) groups excluding carboxylic acids is 1. The van der Waals surface area contributed by atoms with Crippen molar-refractivity contribution in [2.45, 2.75) is 32.4 Å². The Morgan fingerprint density at radius 3 is 2.60 bits per heavy atom. The number of likely N-dealkylation sites (tertiary alicyclic amines) is 1. The minimum atomic E-state index is -0.605. The van der Waals surface area contributed by atoms with Crippen LogP contribution in [0.2, 0.25) is 15.1 Å². The van der Waals surface area contributed by atoms with E-state index in [-0.39, 0.29) is 22.3 Å². The number of nitrogens with zero attached hydrogens (tertiary/aromatic N) is 3. The standard InChI is InChI=1S/C21H21Cl3N4O2/c1-2-26-7-3-4-14(26)11-27-18-9-12(20(25)29)8-16(24)19(18)28(21(27)30)17-6-5-13(22)10-15(17)23/h5-6,8-10,14H,2-4,7,11H2,1H3,(H2,25,29). The van der Waals surface area contributed by atoms with Crippen LogP contribution in [-0.4, -0.2) is 39.1 Å². The van der Waals surface area contributed by atoms with Crippen LogP contribution in [0.1, 0.15) is 30.1 Å². The number of imidazole rings is 1. The summed E-state index contributed by atoms with van der Waals surface area (Å²) >= 11 is 19.0. The predicted octanol–water partition coefficient (Wildman–Crippen LogP) is 4.34. The van der Waals surface area contributed by atoms with E-state index in [0.29, 0.717) is 33.3 Å². The van der Waals surface area contributed by atoms with Crippen LogP contribution in [-0.2, 0) is 6.54 Å². The molecule has 0 bridgehead atoms. The molecule has 0 saturated carbocycles. The highest BCUT2D eigenvalue weighted by atomic mass is 35.5. The van der Waals surface area contributed by atoms with E-state index >= 15 is 0 Å². The Labute approximate surface area is 188 Å². The van der Waals surface area contributed by atoms with Gasteiger partial charge in [0.2, 0.25) is 5.91 Å². The SMILES string of the molecule is CCN1CCCC1Cn1c(=O)n(-c2ccc(Cl)cc2Cl)c2c(Cl)cc(C(N)=O)cc21. The van der Waals surface area contributed by atoms with Crippen molar-refractivity contribution in [3.63, 3.8) is 0 Å². The minimum Gasteiger partial charge on any atom is -0.366 e. The molecule has 2 N–H and O–H groups in total. The number of nitrogens with two attached hydrogens (primary N) is 1. The molecule has 6 nitrogen and oxygen atoms in total. The van der Waals surface area contributed by atoms with E-state index in [2.05, 4.69) is 11.8 Å². The fourth-order valence-corrected chi connectivity index (χ4v) is 5.06. The van der Waals surface area contributed by atoms with Gasteiger partial charge in [0.05, 0.1) is 26.8 Å². The Morgan fingerprint density at radius 1 is 1.17 bits per heavy atom. The van der Waals surface area contributed by atoms with Crippen LogP contribution in [0.3, 0.4) is 0 Å². The molecule has 1 atom stereocenters. The Morgan fingerprint density at radius 2 is 1.93 bits per heavy atom. The second kappa shape index (κ2) is 8.27. The van der Waals surface area contributed by atoms with Crippen molar-refractivity contribution in [2.75, 3.05) is 13.1 Å². The first-order valence-corrected chi connectivity index (χ1v) is 10.9. The molecule has 158 valence electrons. The third-order valence-electron chi connectivity index (χ3n) is 5.71. The van der Waals surface area contributed by atoms with Gasteiger partial charge in [-0.2, -0.15) is 0 Å². The summed E-state index contributed by atoms with van der Waals surface area (Å²) in [5.74, 6) is -0.605. The molecular weight excluding hydrogens is 447 g/mol. The first-order chi connectivity index (χ1) is 14.3. The lowest BCUT2D eigenvalue weighted by atomic mass is 10.1. The molecule has 1 unspecified atom stereocenters. The van der Waals surface area contributed by atoms with Crippen molar-refractivity contribution in [1.82, 2.24) is 14.0 Å². The molecule has 1 aliphatic rings. The maximum absolute atomic E-state index is 13.6. The molecule has 1 aromatic heterocycles. The predicted molar refractivity (Wildman–Crippen MR) is 121 cm³/mol. The van der Waals surface area contributed by atoms with E-state index in [1.54, 1.807) is 28.8 Å². The number of hydrogen-bond donors (Lipinski definition) is 1. The quantitative estimate of drug-likeness (QED) is 0.607. The number of aromatic nitrogens is 2. The van der Waals surface area contributed by atoms with Crippen LogP contribution >= 0.6 is 34.8 Å². The van der Waals surface area contributed by atoms with Crippen LogP contribution in [0.5, 0.6) is 0 Å². The molecule has 4 rings (SSSR count). The number of primary amides is 1. The Kier molecular flexibility index (Phi) is 5.86. The molecule has 1 amide bonds. The molecule has 0 radical (unpaired) electrons. The summed E-state index contributed by atoms with van der Waals surface area (Å²) in [5, 5.41) is 1.05. The Balaban J connectivity index is 1.99. The van der Waals surface area contributed by atoms with E-state index in [9.17, 15) is 9.59 Å². The number of hydrogen-bond acceptors (Lipinski definition) is 3. The molecule has 1 saturated heterocycles. The number of carbonyl (C=O) groups is 1. The van der Waals surface area contributed by atoms with E-state index in [4.69, 9.17) is 40.5 Å². The average Bonchev–Trinajstić information content (AvgIpc) is 3.25. The molecular formula is C21H21Cl3N4O2. The molecule has 0 aliphatic carbocycles. The van der Waals surface area contributed by atoms with Gasteiger partial charge in [-0.3, -0.25) is 18.8 Å². The molecule has 1 fully saturated rings. The van der Waals surface area contributed by atoms with E-state index < -0.39 is 5.91 Å². The summed E-state index contributed by atoms with van der Waals surface area (Å²) in [5.41, 5.74) is 6.97. The maximum atomic E-state index is 13.6. The normalized spacial score (nSPS) is 17.1. The van der Waals surface area contributed by atoms with Crippen molar-refractivity contribution in [3.8, 4) is 5.69 Å². The lowest BCUT2D eigenvalue weighted by molar-refractivity contribution is 0.100. The highest BCUT2D eigenvalue weighted by molar-refractivity contribution is 6.37. The summed E-state index contributed by atoms with van der Waals surface area (Å²) in [6.07, 6.45) is 2.08. The lowest BCUT2D eigenvalue weighted by Gasteiger charge is -2.23. The van der Waals surface area contributed by atoms with Gasteiger partial charge in [0, 0.05) is 23.2 Å². The summed E-state index contributed by atoms with van der Waals surface area (Å²) < 4.78 is 3.14. The van der Waals surface area contributed by atoms with Gasteiger partial charge in [-0.15, -0.1) is 0 Å². The second-order valence-corrected chi connectivity index (χ2v) is 8.69. The first-order valence-electron chi connectivity index (χ1n) is 9.76. The number of fused-ring (bicyclic) bond motifs is 1. The Hall–Kier alpha value is -1.99. The summed E-state index contributed by atoms with van der Waals surface area (Å²) in [6, 6.07) is 8.25. The third kappa shape index (κ3) is 3.62. The fourth-order valence-electron chi connectivity index (χ4n) is 4.26. The monoisotopic (exact) mass is 466 g/mol. The van der Waals surface area contributed by atoms with Crippen molar-refractivity contribution >= 4 is 51.7 Å². The molecule has 30 heavy (non-hydrogen) atoms. The highest BCUT2D eigenvalue weighted by Crippen LogP contribution is 2.32. The van der Waals surface area contributed by atoms with Crippen molar-refractivity contribution in [3.05, 3.63) is 61.4 Å². The topological polar surface area (TPSA) is 73.3 Å². The number of benzene rings is 2. The van der Waals surface area contributed by atoms with Crippen LogP contribution in [0.15, 0.2) is 35.1 Å². The number of rotatable bonds is 5. The zero-order chi connectivity index (χ0) is 21.6. The summed E-state index contributed by atoms with van der Waals surface area (Å²) in [7, 11) is 0. The van der Waals surface area contributed by atoms with Gasteiger partial charge in [0.1, 0.15) is 0 Å². The molecule has 9 heteroatoms. The highest BCUT2D eigenvalue weighted by Gasteiger charge is 2.27. The van der Waals surface area contributed by atoms with E-state index in [1.165, 1.54) is 10.6 Å². The molecule has 2 aromatic carbocycles. The molecule has 0 spiro atoms. The van der Waals surface area contributed by atoms with Gasteiger partial charge >= 0.3 is 5.69 Å². The van der Waals surface area contributed by atoms with Gasteiger partial charge in [-0.25, -0.2) is 4.79 Å². The average molecular weight is 468 g/mol. The number of amides is 1. The summed E-state index contributed by atoms with van der Waals surface area (Å²) in [4.78, 5) is 27.8. The van der Waals surface area contributed by atoms with E-state index in [1.807, 2.05) is 0 Å². The molecule has 2 heterocycles. The largest absolute Gasteiger partial charge is 0.366 e. The van der Waals surface area contributed by atoms with Gasteiger partial charge < -0.3 is 5.73 Å². The second-order valence-electron chi connectivity index (χ2n) is 7.44. The smallest absolute Gasteiger partial charge is 0.333 e. The van der Waals surface area contributed by atoms with Crippen molar-refractivity contribution in [2.24, 2.45) is 5.73 Å². The van der Waals surface area contributed by atoms with Crippen LogP contribution in [0.25, 0.3) is 16.7 Å². The lowest BCUT2D eigenvalue weighted by Crippen LogP contribution is -2.36. The van der Waals surface area contributed by atoms with Gasteiger partial charge in [0.25, 0.3) is 0 Å². The van der Waals surface area contributed by atoms with Gasteiger partial charge in [-0.05, 0) is 56.3 Å². The maximum Gasteiger partial charge on any atom is 0.333 e.